The predicted octanol–water partition coefficient (Wildman–Crippen LogP) is 1.07. The van der Waals surface area contributed by atoms with E-state index in [0.717, 1.165) is 6.54 Å². The summed E-state index contributed by atoms with van der Waals surface area (Å²) in [4.78, 5) is 10.4. The molecule has 0 aromatic rings. The molecule has 3 heteroatoms. The second-order valence-electron chi connectivity index (χ2n) is 3.21. The van der Waals surface area contributed by atoms with Crippen LogP contribution < -0.4 is 0 Å². The van der Waals surface area contributed by atoms with Crippen LogP contribution in [0.2, 0.25) is 0 Å². The molecule has 0 bridgehead atoms. The van der Waals surface area contributed by atoms with Crippen molar-refractivity contribution in [1.29, 1.82) is 0 Å². The molecule has 0 spiro atoms. The van der Waals surface area contributed by atoms with Crippen molar-refractivity contribution in [2.24, 2.45) is 0 Å². The molecular formula is C8H16NO2+. The number of hydrogen-bond acceptors (Lipinski definition) is 1. The van der Waals surface area contributed by atoms with Gasteiger partial charge in [0.1, 0.15) is 6.20 Å². The molecule has 0 heterocycles. The molecule has 0 radical (unpaired) electrons. The zero-order valence-corrected chi connectivity index (χ0v) is 7.59. The van der Waals surface area contributed by atoms with Crippen molar-refractivity contribution < 1.29 is 14.4 Å². The lowest BCUT2D eigenvalue weighted by Gasteiger charge is -2.23. The fourth-order valence-corrected chi connectivity index (χ4v) is 0.671. The van der Waals surface area contributed by atoms with Crippen LogP contribution in [-0.2, 0) is 4.79 Å². The Morgan fingerprint density at radius 3 is 2.27 bits per heavy atom. The molecule has 0 aliphatic carbocycles. The summed E-state index contributed by atoms with van der Waals surface area (Å²) in [5.74, 6) is -0.843. The van der Waals surface area contributed by atoms with Gasteiger partial charge in [0.25, 0.3) is 0 Å². The summed E-state index contributed by atoms with van der Waals surface area (Å²) >= 11 is 0. The molecule has 11 heavy (non-hydrogen) atoms. The van der Waals surface area contributed by atoms with Gasteiger partial charge in [-0.05, 0) is 13.8 Å². The standard InChI is InChI=1S/C8H15NO2/c1-5-9(3,4)6-7(2)8(10)11/h6H,5H2,1-4H3/p+1. The monoisotopic (exact) mass is 158 g/mol. The van der Waals surface area contributed by atoms with Crippen molar-refractivity contribution in [1.82, 2.24) is 0 Å². The third kappa shape index (κ3) is 3.78. The molecule has 0 saturated carbocycles. The Balaban J connectivity index is 4.41. The molecule has 64 valence electrons. The fraction of sp³-hybridized carbons (Fsp3) is 0.625. The Kier molecular flexibility index (Phi) is 3.26. The molecular weight excluding hydrogens is 142 g/mol. The van der Waals surface area contributed by atoms with Gasteiger partial charge >= 0.3 is 5.97 Å². The van der Waals surface area contributed by atoms with Gasteiger partial charge in [0.05, 0.1) is 26.2 Å². The van der Waals surface area contributed by atoms with Crippen molar-refractivity contribution in [3.8, 4) is 0 Å². The SMILES string of the molecule is CC[N+](C)(C)C=C(C)C(=O)O. The van der Waals surface area contributed by atoms with Gasteiger partial charge in [-0.3, -0.25) is 0 Å². The molecule has 1 N–H and O–H groups in total. The number of quaternary nitrogens is 1. The van der Waals surface area contributed by atoms with Crippen LogP contribution in [0.5, 0.6) is 0 Å². The van der Waals surface area contributed by atoms with Crippen molar-refractivity contribution in [3.05, 3.63) is 11.8 Å². The number of carboxylic acid groups (broad SMARTS) is 1. The second kappa shape index (κ2) is 3.53. The quantitative estimate of drug-likeness (QED) is 0.493. The number of nitrogens with zero attached hydrogens (tertiary/aromatic N) is 1. The second-order valence-corrected chi connectivity index (χ2v) is 3.21. The largest absolute Gasteiger partial charge is 0.478 e. The molecule has 0 aromatic heterocycles. The van der Waals surface area contributed by atoms with Crippen LogP contribution in [-0.4, -0.2) is 36.2 Å². The normalized spacial score (nSPS) is 13.3. The number of carboxylic acids is 1. The van der Waals surface area contributed by atoms with E-state index in [4.69, 9.17) is 5.11 Å². The van der Waals surface area contributed by atoms with Crippen molar-refractivity contribution in [2.75, 3.05) is 20.6 Å². The molecule has 0 fully saturated rings. The van der Waals surface area contributed by atoms with E-state index in [9.17, 15) is 4.79 Å². The Hall–Kier alpha value is -0.830. The number of hydrogen-bond donors (Lipinski definition) is 1. The smallest absolute Gasteiger partial charge is 0.336 e. The molecule has 0 amide bonds. The summed E-state index contributed by atoms with van der Waals surface area (Å²) in [6.45, 7) is 4.52. The highest BCUT2D eigenvalue weighted by molar-refractivity contribution is 5.85. The highest BCUT2D eigenvalue weighted by Gasteiger charge is 2.11. The molecule has 0 saturated heterocycles. The van der Waals surface area contributed by atoms with Crippen LogP contribution in [0.4, 0.5) is 0 Å². The van der Waals surface area contributed by atoms with E-state index in [-0.39, 0.29) is 0 Å². The first-order chi connectivity index (χ1) is 4.89. The summed E-state index contributed by atoms with van der Waals surface area (Å²) in [5, 5.41) is 8.56. The van der Waals surface area contributed by atoms with Gasteiger partial charge in [-0.1, -0.05) is 0 Å². The van der Waals surface area contributed by atoms with E-state index in [1.54, 1.807) is 13.1 Å². The van der Waals surface area contributed by atoms with Gasteiger partial charge in [0.2, 0.25) is 0 Å². The van der Waals surface area contributed by atoms with E-state index in [2.05, 4.69) is 0 Å². The third-order valence-corrected chi connectivity index (χ3v) is 1.70. The molecule has 0 unspecified atom stereocenters. The highest BCUT2D eigenvalue weighted by atomic mass is 16.4. The summed E-state index contributed by atoms with van der Waals surface area (Å²) < 4.78 is 0.609. The number of carbonyl (C=O) groups is 1. The summed E-state index contributed by atoms with van der Waals surface area (Å²) in [5.41, 5.74) is 0.400. The predicted molar refractivity (Wildman–Crippen MR) is 44.0 cm³/mol. The van der Waals surface area contributed by atoms with Crippen LogP contribution >= 0.6 is 0 Å². The Labute approximate surface area is 67.5 Å². The molecule has 0 rings (SSSR count). The molecule has 3 nitrogen and oxygen atoms in total. The van der Waals surface area contributed by atoms with Crippen molar-refractivity contribution in [3.63, 3.8) is 0 Å². The Morgan fingerprint density at radius 2 is 2.00 bits per heavy atom. The van der Waals surface area contributed by atoms with Crippen LogP contribution in [0.3, 0.4) is 0 Å². The van der Waals surface area contributed by atoms with E-state index in [0.29, 0.717) is 10.1 Å². The molecule has 0 aromatic carbocycles. The van der Waals surface area contributed by atoms with E-state index >= 15 is 0 Å². The van der Waals surface area contributed by atoms with Gasteiger partial charge < -0.3 is 9.59 Å². The van der Waals surface area contributed by atoms with Gasteiger partial charge in [-0.2, -0.15) is 0 Å². The molecule has 0 aliphatic heterocycles. The lowest BCUT2D eigenvalue weighted by Crippen LogP contribution is -2.33. The van der Waals surface area contributed by atoms with Crippen LogP contribution in [0.25, 0.3) is 0 Å². The maximum absolute atomic E-state index is 10.4. The zero-order valence-electron chi connectivity index (χ0n) is 7.59. The maximum atomic E-state index is 10.4. The third-order valence-electron chi connectivity index (χ3n) is 1.70. The lowest BCUT2D eigenvalue weighted by atomic mass is 10.3. The van der Waals surface area contributed by atoms with Gasteiger partial charge in [-0.25, -0.2) is 4.79 Å². The van der Waals surface area contributed by atoms with Gasteiger partial charge in [0.15, 0.2) is 0 Å². The first kappa shape index (κ1) is 10.2. The minimum absolute atomic E-state index is 0.400. The highest BCUT2D eigenvalue weighted by Crippen LogP contribution is 2.02. The van der Waals surface area contributed by atoms with E-state index in [1.807, 2.05) is 21.0 Å². The Morgan fingerprint density at radius 1 is 1.55 bits per heavy atom. The molecule has 0 atom stereocenters. The van der Waals surface area contributed by atoms with Crippen molar-refractivity contribution in [2.45, 2.75) is 13.8 Å². The number of aliphatic carboxylic acids is 1. The Bertz CT molecular complexity index is 183. The zero-order chi connectivity index (χ0) is 9.07. The first-order valence-corrected chi connectivity index (χ1v) is 3.64. The van der Waals surface area contributed by atoms with E-state index in [1.165, 1.54) is 0 Å². The van der Waals surface area contributed by atoms with Crippen molar-refractivity contribution >= 4 is 5.97 Å². The lowest BCUT2D eigenvalue weighted by molar-refractivity contribution is -0.837. The van der Waals surface area contributed by atoms with E-state index < -0.39 is 5.97 Å². The van der Waals surface area contributed by atoms with Crippen LogP contribution in [0.1, 0.15) is 13.8 Å². The van der Waals surface area contributed by atoms with Gasteiger partial charge in [-0.15, -0.1) is 0 Å². The summed E-state index contributed by atoms with van der Waals surface area (Å²) in [6.07, 6.45) is 1.74. The number of rotatable bonds is 3. The van der Waals surface area contributed by atoms with Crippen LogP contribution in [0.15, 0.2) is 11.8 Å². The summed E-state index contributed by atoms with van der Waals surface area (Å²) in [6, 6.07) is 0. The average Bonchev–Trinajstić information content (AvgIpc) is 1.87. The maximum Gasteiger partial charge on any atom is 0.336 e. The topological polar surface area (TPSA) is 37.3 Å². The fourth-order valence-electron chi connectivity index (χ4n) is 0.671. The minimum atomic E-state index is -0.843. The summed E-state index contributed by atoms with van der Waals surface area (Å²) in [7, 11) is 3.93. The minimum Gasteiger partial charge on any atom is -0.478 e. The van der Waals surface area contributed by atoms with Crippen LogP contribution in [0, 0.1) is 0 Å². The van der Waals surface area contributed by atoms with Gasteiger partial charge in [0, 0.05) is 0 Å². The first-order valence-electron chi connectivity index (χ1n) is 3.64. The average molecular weight is 158 g/mol. The molecule has 0 aliphatic rings.